The third-order valence-corrected chi connectivity index (χ3v) is 5.39. The largest absolute Gasteiger partial charge is 0.337 e. The summed E-state index contributed by atoms with van der Waals surface area (Å²) >= 11 is 6.28. The minimum absolute atomic E-state index is 0.529. The monoisotopic (exact) mass is 355 g/mol. The maximum Gasteiger partial charge on any atom is 0.122 e. The van der Waals surface area contributed by atoms with Crippen molar-refractivity contribution < 1.29 is 0 Å². The quantitative estimate of drug-likeness (QED) is 0.773. The van der Waals surface area contributed by atoms with Crippen LogP contribution >= 0.6 is 11.6 Å². The maximum atomic E-state index is 6.28. The van der Waals surface area contributed by atoms with Crippen LogP contribution in [0.15, 0.2) is 42.7 Å². The van der Waals surface area contributed by atoms with E-state index in [1.54, 1.807) is 0 Å². The number of halogens is 1. The molecule has 1 N–H and O–H groups in total. The molecule has 6 heteroatoms. The number of nitrogens with one attached hydrogen (secondary N) is 1. The normalized spacial score (nSPS) is 16.4. The first-order chi connectivity index (χ1) is 12.2. The molecule has 3 heterocycles. The number of likely N-dealkylation sites (tertiary alicyclic amines) is 1. The number of aromatic nitrogens is 4. The van der Waals surface area contributed by atoms with Crippen molar-refractivity contribution in [3.05, 3.63) is 59.3 Å². The first-order valence-corrected chi connectivity index (χ1v) is 9.07. The summed E-state index contributed by atoms with van der Waals surface area (Å²) in [6, 6.07) is 10.0. The van der Waals surface area contributed by atoms with Crippen LogP contribution in [0.25, 0.3) is 11.3 Å². The number of hydrogen-bond acceptors (Lipinski definition) is 3. The molecule has 0 spiro atoms. The molecule has 2 aromatic heterocycles. The van der Waals surface area contributed by atoms with E-state index in [0.29, 0.717) is 5.92 Å². The highest BCUT2D eigenvalue weighted by Crippen LogP contribution is 2.31. The zero-order valence-corrected chi connectivity index (χ0v) is 15.1. The Kier molecular flexibility index (Phi) is 4.59. The summed E-state index contributed by atoms with van der Waals surface area (Å²) < 4.78 is 2.09. The lowest BCUT2D eigenvalue weighted by molar-refractivity contribution is 0.197. The summed E-state index contributed by atoms with van der Waals surface area (Å²) in [5, 5.41) is 8.45. The Balaban J connectivity index is 1.40. The topological polar surface area (TPSA) is 49.7 Å². The number of hydrogen-bond donors (Lipinski definition) is 1. The number of aromatic amines is 1. The molecular weight excluding hydrogens is 334 g/mol. The van der Waals surface area contributed by atoms with E-state index in [1.165, 1.54) is 5.69 Å². The van der Waals surface area contributed by atoms with Crippen molar-refractivity contribution in [1.29, 1.82) is 0 Å². The smallest absolute Gasteiger partial charge is 0.122 e. The second-order valence-electron chi connectivity index (χ2n) is 6.69. The first-order valence-electron chi connectivity index (χ1n) is 8.69. The number of imidazole rings is 1. The van der Waals surface area contributed by atoms with Gasteiger partial charge >= 0.3 is 0 Å². The third-order valence-electron chi connectivity index (χ3n) is 5.06. The van der Waals surface area contributed by atoms with Gasteiger partial charge in [0.05, 0.1) is 17.3 Å². The lowest BCUT2D eigenvalue weighted by Gasteiger charge is -2.31. The van der Waals surface area contributed by atoms with E-state index in [4.69, 9.17) is 11.6 Å². The van der Waals surface area contributed by atoms with Crippen molar-refractivity contribution in [2.45, 2.75) is 25.3 Å². The number of rotatable bonds is 4. The number of H-pyrrole nitrogens is 1. The average Bonchev–Trinajstić information content (AvgIpc) is 3.26. The molecule has 0 bridgehead atoms. The molecule has 0 aliphatic carbocycles. The Morgan fingerprint density at radius 2 is 2.04 bits per heavy atom. The van der Waals surface area contributed by atoms with Gasteiger partial charge in [0, 0.05) is 36.6 Å². The van der Waals surface area contributed by atoms with Crippen LogP contribution in [0, 0.1) is 0 Å². The van der Waals surface area contributed by atoms with Gasteiger partial charge < -0.3 is 4.57 Å². The van der Waals surface area contributed by atoms with Crippen molar-refractivity contribution in [1.82, 2.24) is 24.6 Å². The molecule has 1 aliphatic heterocycles. The first kappa shape index (κ1) is 16.4. The second-order valence-corrected chi connectivity index (χ2v) is 7.10. The predicted molar refractivity (Wildman–Crippen MR) is 99.5 cm³/mol. The van der Waals surface area contributed by atoms with Gasteiger partial charge in [0.25, 0.3) is 0 Å². The molecule has 25 heavy (non-hydrogen) atoms. The van der Waals surface area contributed by atoms with E-state index in [1.807, 2.05) is 36.7 Å². The minimum atomic E-state index is 0.529. The van der Waals surface area contributed by atoms with Crippen molar-refractivity contribution >= 4 is 11.6 Å². The van der Waals surface area contributed by atoms with Gasteiger partial charge in [-0.25, -0.2) is 4.98 Å². The Morgan fingerprint density at radius 3 is 2.76 bits per heavy atom. The molecule has 4 rings (SSSR count). The summed E-state index contributed by atoms with van der Waals surface area (Å²) in [4.78, 5) is 6.90. The molecule has 3 aromatic rings. The molecule has 0 atom stereocenters. The number of benzene rings is 1. The lowest BCUT2D eigenvalue weighted by Crippen LogP contribution is -2.33. The van der Waals surface area contributed by atoms with Gasteiger partial charge in [0.15, 0.2) is 0 Å². The van der Waals surface area contributed by atoms with Gasteiger partial charge in [-0.3, -0.25) is 10.00 Å². The maximum absolute atomic E-state index is 6.28. The van der Waals surface area contributed by atoms with Crippen LogP contribution in [-0.2, 0) is 13.6 Å². The molecule has 1 aromatic carbocycles. The van der Waals surface area contributed by atoms with Crippen LogP contribution < -0.4 is 0 Å². The summed E-state index contributed by atoms with van der Waals surface area (Å²) in [6.07, 6.45) is 6.13. The minimum Gasteiger partial charge on any atom is -0.337 e. The Hall–Kier alpha value is -2.11. The van der Waals surface area contributed by atoms with E-state index in [-0.39, 0.29) is 0 Å². The van der Waals surface area contributed by atoms with E-state index >= 15 is 0 Å². The molecule has 0 saturated carbocycles. The lowest BCUT2D eigenvalue weighted by atomic mass is 9.93. The average molecular weight is 356 g/mol. The van der Waals surface area contributed by atoms with Gasteiger partial charge in [-0.1, -0.05) is 29.8 Å². The highest BCUT2D eigenvalue weighted by Gasteiger charge is 2.23. The van der Waals surface area contributed by atoms with Gasteiger partial charge in [-0.2, -0.15) is 5.10 Å². The highest BCUT2D eigenvalue weighted by atomic mass is 35.5. The fourth-order valence-electron chi connectivity index (χ4n) is 3.50. The summed E-state index contributed by atoms with van der Waals surface area (Å²) in [6.45, 7) is 3.08. The molecular formula is C19H22ClN5. The number of aryl methyl sites for hydroxylation is 1. The van der Waals surface area contributed by atoms with Gasteiger partial charge in [0.1, 0.15) is 5.82 Å². The van der Waals surface area contributed by atoms with Crippen LogP contribution in [0.3, 0.4) is 0 Å². The summed E-state index contributed by atoms with van der Waals surface area (Å²) in [5.41, 5.74) is 3.13. The van der Waals surface area contributed by atoms with E-state index in [2.05, 4.69) is 37.8 Å². The van der Waals surface area contributed by atoms with Crippen molar-refractivity contribution in [3.63, 3.8) is 0 Å². The Bertz CT molecular complexity index is 845. The molecule has 1 fully saturated rings. The zero-order valence-electron chi connectivity index (χ0n) is 14.3. The van der Waals surface area contributed by atoms with Crippen LogP contribution in [0.5, 0.6) is 0 Å². The fraction of sp³-hybridized carbons (Fsp3) is 0.368. The molecule has 1 aliphatic rings. The summed E-state index contributed by atoms with van der Waals surface area (Å²) in [5.74, 6) is 1.65. The standard InChI is InChI=1S/C19H22ClN5/c1-24-11-8-21-19(24)13-25-9-6-14(7-10-25)17-12-18(23-22-17)15-4-2-3-5-16(15)20/h2-5,8,11-12,14H,6-7,9-10,13H2,1H3,(H,22,23). The molecule has 0 unspecified atom stereocenters. The van der Waals surface area contributed by atoms with Gasteiger partial charge in [-0.05, 0) is 38.1 Å². The molecule has 130 valence electrons. The second kappa shape index (κ2) is 7.02. The molecule has 0 amide bonds. The SMILES string of the molecule is Cn1ccnc1CN1CCC(c2cc(-c3ccccc3Cl)n[nH]2)CC1. The Labute approximate surface area is 152 Å². The van der Waals surface area contributed by atoms with E-state index < -0.39 is 0 Å². The summed E-state index contributed by atoms with van der Waals surface area (Å²) in [7, 11) is 2.05. The zero-order chi connectivity index (χ0) is 17.2. The van der Waals surface area contributed by atoms with Crippen LogP contribution in [0.1, 0.15) is 30.3 Å². The van der Waals surface area contributed by atoms with Gasteiger partial charge in [0.2, 0.25) is 0 Å². The number of nitrogens with zero attached hydrogens (tertiary/aromatic N) is 4. The van der Waals surface area contributed by atoms with Crippen molar-refractivity contribution in [3.8, 4) is 11.3 Å². The molecule has 5 nitrogen and oxygen atoms in total. The molecule has 1 saturated heterocycles. The number of piperidine rings is 1. The third kappa shape index (κ3) is 3.48. The van der Waals surface area contributed by atoms with Crippen LogP contribution in [0.4, 0.5) is 0 Å². The van der Waals surface area contributed by atoms with Crippen molar-refractivity contribution in [2.24, 2.45) is 7.05 Å². The van der Waals surface area contributed by atoms with Gasteiger partial charge in [-0.15, -0.1) is 0 Å². The van der Waals surface area contributed by atoms with Crippen molar-refractivity contribution in [2.75, 3.05) is 13.1 Å². The van der Waals surface area contributed by atoms with Crippen LogP contribution in [0.2, 0.25) is 5.02 Å². The predicted octanol–water partition coefficient (Wildman–Crippen LogP) is 3.84. The van der Waals surface area contributed by atoms with Crippen LogP contribution in [-0.4, -0.2) is 37.7 Å². The fourth-order valence-corrected chi connectivity index (χ4v) is 3.74. The Morgan fingerprint density at radius 1 is 1.24 bits per heavy atom. The highest BCUT2D eigenvalue weighted by molar-refractivity contribution is 6.33. The van der Waals surface area contributed by atoms with E-state index in [0.717, 1.165) is 54.6 Å². The molecule has 0 radical (unpaired) electrons. The van der Waals surface area contributed by atoms with E-state index in [9.17, 15) is 0 Å².